The first-order valence-electron chi connectivity index (χ1n) is 6.04. The largest absolute Gasteiger partial charge is 0.481 e. The van der Waals surface area contributed by atoms with Gasteiger partial charge in [0.2, 0.25) is 5.88 Å². The lowest BCUT2D eigenvalue weighted by Gasteiger charge is -2.29. The summed E-state index contributed by atoms with van der Waals surface area (Å²) in [5.74, 6) is 2.14. The van der Waals surface area contributed by atoms with Gasteiger partial charge in [0, 0.05) is 24.5 Å². The highest BCUT2D eigenvalue weighted by atomic mass is 35.5. The quantitative estimate of drug-likeness (QED) is 0.758. The minimum Gasteiger partial charge on any atom is -0.481 e. The Labute approximate surface area is 107 Å². The lowest BCUT2D eigenvalue weighted by Crippen LogP contribution is -2.35. The van der Waals surface area contributed by atoms with Crippen LogP contribution in [0, 0.1) is 0 Å². The molecule has 0 spiro atoms. The Kier molecular flexibility index (Phi) is 4.42. The molecule has 5 heteroatoms. The number of alkyl halides is 1. The Balaban J connectivity index is 2.18. The summed E-state index contributed by atoms with van der Waals surface area (Å²) in [6.45, 7) is 0.826. The van der Waals surface area contributed by atoms with E-state index in [9.17, 15) is 0 Å². The zero-order valence-corrected chi connectivity index (χ0v) is 10.9. The highest BCUT2D eigenvalue weighted by Crippen LogP contribution is 2.27. The van der Waals surface area contributed by atoms with Gasteiger partial charge in [0.1, 0.15) is 12.1 Å². The Hall–Kier alpha value is -1.03. The number of rotatable bonds is 5. The summed E-state index contributed by atoms with van der Waals surface area (Å²) in [4.78, 5) is 10.6. The van der Waals surface area contributed by atoms with E-state index in [1.54, 1.807) is 13.4 Å². The first-order chi connectivity index (χ1) is 8.35. The van der Waals surface area contributed by atoms with Crippen LogP contribution >= 0.6 is 11.6 Å². The van der Waals surface area contributed by atoms with Crippen molar-refractivity contribution in [2.45, 2.75) is 31.7 Å². The number of nitrogens with zero attached hydrogens (tertiary/aromatic N) is 3. The third kappa shape index (κ3) is 3.00. The average Bonchev–Trinajstić information content (AvgIpc) is 2.89. The maximum Gasteiger partial charge on any atom is 0.218 e. The van der Waals surface area contributed by atoms with Gasteiger partial charge in [-0.25, -0.2) is 9.97 Å². The number of ether oxygens (including phenoxy) is 1. The number of hydrogen-bond acceptors (Lipinski definition) is 4. The number of aromatic nitrogens is 2. The van der Waals surface area contributed by atoms with Crippen molar-refractivity contribution in [3.63, 3.8) is 0 Å². The highest BCUT2D eigenvalue weighted by Gasteiger charge is 2.23. The molecule has 0 radical (unpaired) electrons. The summed E-state index contributed by atoms with van der Waals surface area (Å²) < 4.78 is 5.14. The lowest BCUT2D eigenvalue weighted by atomic mass is 10.2. The predicted octanol–water partition coefficient (Wildman–Crippen LogP) is 2.47. The molecule has 1 heterocycles. The molecule has 0 aliphatic heterocycles. The molecule has 0 atom stereocenters. The lowest BCUT2D eigenvalue weighted by molar-refractivity contribution is 0.396. The predicted molar refractivity (Wildman–Crippen MR) is 68.9 cm³/mol. The third-order valence-corrected chi connectivity index (χ3v) is 3.39. The molecule has 4 nitrogen and oxygen atoms in total. The van der Waals surface area contributed by atoms with Crippen LogP contribution in [-0.2, 0) is 0 Å². The molecule has 94 valence electrons. The van der Waals surface area contributed by atoms with Gasteiger partial charge in [-0.05, 0) is 12.8 Å². The summed E-state index contributed by atoms with van der Waals surface area (Å²) in [5, 5.41) is 0. The van der Waals surface area contributed by atoms with E-state index in [0.717, 1.165) is 12.4 Å². The number of methoxy groups -OCH3 is 1. The maximum atomic E-state index is 5.88. The molecule has 0 aromatic carbocycles. The van der Waals surface area contributed by atoms with Crippen LogP contribution in [0.25, 0.3) is 0 Å². The molecule has 0 unspecified atom stereocenters. The Morgan fingerprint density at radius 1 is 1.41 bits per heavy atom. The van der Waals surface area contributed by atoms with Crippen molar-refractivity contribution in [2.75, 3.05) is 24.4 Å². The normalized spacial score (nSPS) is 16.1. The molecular weight excluding hydrogens is 238 g/mol. The van der Waals surface area contributed by atoms with Crippen LogP contribution in [0.1, 0.15) is 25.7 Å². The van der Waals surface area contributed by atoms with Crippen LogP contribution < -0.4 is 9.64 Å². The molecule has 0 amide bonds. The standard InChI is InChI=1S/C12H18ClN3O/c1-17-12-8-11(14-9-15-12)16(7-6-13)10-4-2-3-5-10/h8-10H,2-7H2,1H3. The van der Waals surface area contributed by atoms with E-state index in [1.165, 1.54) is 25.7 Å². The summed E-state index contributed by atoms with van der Waals surface area (Å²) in [6.07, 6.45) is 6.59. The molecule has 1 aromatic rings. The van der Waals surface area contributed by atoms with Crippen LogP contribution in [0.2, 0.25) is 0 Å². The smallest absolute Gasteiger partial charge is 0.218 e. The molecule has 17 heavy (non-hydrogen) atoms. The van der Waals surface area contributed by atoms with Crippen molar-refractivity contribution in [1.29, 1.82) is 0 Å². The molecule has 1 aliphatic carbocycles. The van der Waals surface area contributed by atoms with E-state index in [4.69, 9.17) is 16.3 Å². The van der Waals surface area contributed by atoms with E-state index < -0.39 is 0 Å². The fraction of sp³-hybridized carbons (Fsp3) is 0.667. The van der Waals surface area contributed by atoms with Crippen LogP contribution in [0.4, 0.5) is 5.82 Å². The molecule has 1 fully saturated rings. The monoisotopic (exact) mass is 255 g/mol. The van der Waals surface area contributed by atoms with Gasteiger partial charge in [0.05, 0.1) is 7.11 Å². The summed E-state index contributed by atoms with van der Waals surface area (Å²) in [5.41, 5.74) is 0. The first-order valence-corrected chi connectivity index (χ1v) is 6.57. The van der Waals surface area contributed by atoms with Crippen molar-refractivity contribution in [3.8, 4) is 5.88 Å². The first kappa shape index (κ1) is 12.4. The van der Waals surface area contributed by atoms with Gasteiger partial charge in [-0.1, -0.05) is 12.8 Å². The minimum absolute atomic E-state index is 0.563. The fourth-order valence-electron chi connectivity index (χ4n) is 2.39. The second-order valence-electron chi connectivity index (χ2n) is 4.24. The molecule has 0 N–H and O–H groups in total. The van der Waals surface area contributed by atoms with Crippen molar-refractivity contribution in [2.24, 2.45) is 0 Å². The number of anilines is 1. The van der Waals surface area contributed by atoms with E-state index in [2.05, 4.69) is 14.9 Å². The second-order valence-corrected chi connectivity index (χ2v) is 4.62. The van der Waals surface area contributed by atoms with Crippen LogP contribution in [0.3, 0.4) is 0 Å². The number of halogens is 1. The van der Waals surface area contributed by atoms with Crippen LogP contribution in [0.15, 0.2) is 12.4 Å². The van der Waals surface area contributed by atoms with E-state index in [-0.39, 0.29) is 0 Å². The van der Waals surface area contributed by atoms with E-state index in [1.807, 2.05) is 6.07 Å². The summed E-state index contributed by atoms with van der Waals surface area (Å²) in [7, 11) is 1.62. The van der Waals surface area contributed by atoms with Gasteiger partial charge in [0.25, 0.3) is 0 Å². The van der Waals surface area contributed by atoms with Gasteiger partial charge in [-0.2, -0.15) is 0 Å². The van der Waals surface area contributed by atoms with Crippen LogP contribution in [0.5, 0.6) is 5.88 Å². The molecule has 0 bridgehead atoms. The average molecular weight is 256 g/mol. The Morgan fingerprint density at radius 2 is 2.18 bits per heavy atom. The van der Waals surface area contributed by atoms with Crippen LogP contribution in [-0.4, -0.2) is 35.5 Å². The molecule has 0 saturated heterocycles. The van der Waals surface area contributed by atoms with Gasteiger partial charge in [-0.3, -0.25) is 0 Å². The summed E-state index contributed by atoms with van der Waals surface area (Å²) >= 11 is 5.88. The van der Waals surface area contributed by atoms with Crippen molar-refractivity contribution in [3.05, 3.63) is 12.4 Å². The van der Waals surface area contributed by atoms with Gasteiger partial charge >= 0.3 is 0 Å². The van der Waals surface area contributed by atoms with E-state index >= 15 is 0 Å². The number of hydrogen-bond donors (Lipinski definition) is 0. The second kappa shape index (κ2) is 6.05. The van der Waals surface area contributed by atoms with Gasteiger partial charge in [-0.15, -0.1) is 11.6 Å². The molecule has 1 aromatic heterocycles. The highest BCUT2D eigenvalue weighted by molar-refractivity contribution is 6.18. The summed E-state index contributed by atoms with van der Waals surface area (Å²) in [6, 6.07) is 2.44. The molecule has 1 aliphatic rings. The zero-order chi connectivity index (χ0) is 12.1. The molecule has 1 saturated carbocycles. The van der Waals surface area contributed by atoms with Crippen molar-refractivity contribution in [1.82, 2.24) is 9.97 Å². The maximum absolute atomic E-state index is 5.88. The van der Waals surface area contributed by atoms with Crippen molar-refractivity contribution < 1.29 is 4.74 Å². The van der Waals surface area contributed by atoms with E-state index in [0.29, 0.717) is 17.8 Å². The third-order valence-electron chi connectivity index (χ3n) is 3.22. The minimum atomic E-state index is 0.563. The SMILES string of the molecule is COc1cc(N(CCCl)C2CCCC2)ncn1. The zero-order valence-electron chi connectivity index (χ0n) is 10.1. The Bertz CT molecular complexity index is 355. The van der Waals surface area contributed by atoms with Gasteiger partial charge < -0.3 is 9.64 Å². The fourth-order valence-corrected chi connectivity index (χ4v) is 2.57. The topological polar surface area (TPSA) is 38.2 Å². The Morgan fingerprint density at radius 3 is 2.82 bits per heavy atom. The van der Waals surface area contributed by atoms with Crippen molar-refractivity contribution >= 4 is 17.4 Å². The molecular formula is C12H18ClN3O. The molecule has 2 rings (SSSR count). The van der Waals surface area contributed by atoms with Gasteiger partial charge in [0.15, 0.2) is 0 Å².